The van der Waals surface area contributed by atoms with Gasteiger partial charge in [0.05, 0.1) is 5.02 Å². The lowest BCUT2D eigenvalue weighted by Gasteiger charge is -2.43. The average molecular weight is 383 g/mol. The van der Waals surface area contributed by atoms with Crippen molar-refractivity contribution in [2.75, 3.05) is 37.9 Å². The normalized spacial score (nSPS) is 22.1. The molecule has 1 N–H and O–H groups in total. The summed E-state index contributed by atoms with van der Waals surface area (Å²) >= 11 is 8.22. The summed E-state index contributed by atoms with van der Waals surface area (Å²) in [7, 11) is 0. The SMILES string of the molecule is O=C(NCC1(N2CCSCC2)CCCC1)c1cc(Cl)c2c(c1)OCO2. The van der Waals surface area contributed by atoms with Crippen LogP contribution in [0.2, 0.25) is 5.02 Å². The van der Waals surface area contributed by atoms with Gasteiger partial charge in [0.2, 0.25) is 6.79 Å². The van der Waals surface area contributed by atoms with Crippen molar-refractivity contribution in [1.29, 1.82) is 0 Å². The summed E-state index contributed by atoms with van der Waals surface area (Å²) in [4.78, 5) is 15.3. The summed E-state index contributed by atoms with van der Waals surface area (Å²) in [6.45, 7) is 3.09. The molecule has 2 aliphatic heterocycles. The van der Waals surface area contributed by atoms with E-state index in [9.17, 15) is 4.79 Å². The highest BCUT2D eigenvalue weighted by Crippen LogP contribution is 2.40. The zero-order chi connectivity index (χ0) is 17.3. The molecule has 136 valence electrons. The van der Waals surface area contributed by atoms with Gasteiger partial charge in [-0.3, -0.25) is 9.69 Å². The first-order valence-corrected chi connectivity index (χ1v) is 10.4. The van der Waals surface area contributed by atoms with E-state index in [4.69, 9.17) is 21.1 Å². The van der Waals surface area contributed by atoms with Crippen LogP contribution in [0.25, 0.3) is 0 Å². The Hall–Kier alpha value is -1.11. The van der Waals surface area contributed by atoms with E-state index in [2.05, 4.69) is 10.2 Å². The standard InChI is InChI=1S/C18H23ClN2O3S/c19-14-9-13(10-15-16(14)24-12-23-15)17(22)20-11-18(3-1-2-4-18)21-5-7-25-8-6-21/h9-10H,1-8,11-12H2,(H,20,22). The molecule has 1 aromatic rings. The average Bonchev–Trinajstić information content (AvgIpc) is 3.30. The van der Waals surface area contributed by atoms with Crippen LogP contribution in [0.3, 0.4) is 0 Å². The summed E-state index contributed by atoms with van der Waals surface area (Å²) in [5.74, 6) is 3.34. The maximum atomic E-state index is 12.7. The minimum absolute atomic E-state index is 0.0992. The van der Waals surface area contributed by atoms with Crippen molar-refractivity contribution < 1.29 is 14.3 Å². The summed E-state index contributed by atoms with van der Waals surface area (Å²) in [5, 5.41) is 3.58. The van der Waals surface area contributed by atoms with Gasteiger partial charge in [0.15, 0.2) is 11.5 Å². The van der Waals surface area contributed by atoms with Gasteiger partial charge in [-0.15, -0.1) is 0 Å². The number of thioether (sulfide) groups is 1. The summed E-state index contributed by atoms with van der Waals surface area (Å²) in [5.41, 5.74) is 0.646. The van der Waals surface area contributed by atoms with Gasteiger partial charge >= 0.3 is 0 Å². The molecule has 2 heterocycles. The lowest BCUT2D eigenvalue weighted by Crippen LogP contribution is -2.56. The molecular weight excluding hydrogens is 360 g/mol. The van der Waals surface area contributed by atoms with Crippen molar-refractivity contribution in [3.8, 4) is 11.5 Å². The second-order valence-corrected chi connectivity index (χ2v) is 8.54. The highest BCUT2D eigenvalue weighted by Gasteiger charge is 2.40. The molecule has 7 heteroatoms. The predicted octanol–water partition coefficient (Wildman–Crippen LogP) is 3.16. The van der Waals surface area contributed by atoms with Crippen LogP contribution < -0.4 is 14.8 Å². The number of fused-ring (bicyclic) bond motifs is 1. The summed E-state index contributed by atoms with van der Waals surface area (Å²) < 4.78 is 10.7. The highest BCUT2D eigenvalue weighted by molar-refractivity contribution is 7.99. The van der Waals surface area contributed by atoms with Crippen molar-refractivity contribution in [2.24, 2.45) is 0 Å². The Morgan fingerprint density at radius 2 is 2.00 bits per heavy atom. The molecule has 3 aliphatic rings. The number of nitrogens with one attached hydrogen (secondary N) is 1. The van der Waals surface area contributed by atoms with Crippen LogP contribution >= 0.6 is 23.4 Å². The van der Waals surface area contributed by atoms with Gasteiger partial charge in [-0.2, -0.15) is 11.8 Å². The summed E-state index contributed by atoms with van der Waals surface area (Å²) in [6.07, 6.45) is 4.82. The van der Waals surface area contributed by atoms with Gasteiger partial charge in [-0.1, -0.05) is 24.4 Å². The molecule has 5 nitrogen and oxygen atoms in total. The Kier molecular flexibility index (Phi) is 5.02. The number of ether oxygens (including phenoxy) is 2. The number of hydrogen-bond acceptors (Lipinski definition) is 5. The minimum atomic E-state index is -0.0992. The number of nitrogens with zero attached hydrogens (tertiary/aromatic N) is 1. The highest BCUT2D eigenvalue weighted by atomic mass is 35.5. The third-order valence-corrected chi connectivity index (χ3v) is 6.71. The van der Waals surface area contributed by atoms with Gasteiger partial charge in [0.1, 0.15) is 0 Å². The van der Waals surface area contributed by atoms with E-state index in [-0.39, 0.29) is 18.2 Å². The molecule has 1 amide bonds. The van der Waals surface area contributed by atoms with Crippen molar-refractivity contribution in [1.82, 2.24) is 10.2 Å². The van der Waals surface area contributed by atoms with E-state index in [1.54, 1.807) is 12.1 Å². The van der Waals surface area contributed by atoms with Gasteiger partial charge in [-0.05, 0) is 25.0 Å². The van der Waals surface area contributed by atoms with Gasteiger partial charge < -0.3 is 14.8 Å². The van der Waals surface area contributed by atoms with Crippen LogP contribution in [0.4, 0.5) is 0 Å². The van der Waals surface area contributed by atoms with Gasteiger partial charge in [-0.25, -0.2) is 0 Å². The zero-order valence-electron chi connectivity index (χ0n) is 14.2. The number of carbonyl (C=O) groups is 1. The predicted molar refractivity (Wildman–Crippen MR) is 100 cm³/mol. The third-order valence-electron chi connectivity index (χ3n) is 5.48. The monoisotopic (exact) mass is 382 g/mol. The lowest BCUT2D eigenvalue weighted by atomic mass is 9.94. The Balaban J connectivity index is 1.46. The first-order chi connectivity index (χ1) is 12.2. The van der Waals surface area contributed by atoms with E-state index in [0.29, 0.717) is 28.6 Å². The Morgan fingerprint density at radius 3 is 2.76 bits per heavy atom. The minimum Gasteiger partial charge on any atom is -0.454 e. The molecule has 2 fully saturated rings. The van der Waals surface area contributed by atoms with Crippen LogP contribution in [0.5, 0.6) is 11.5 Å². The van der Waals surface area contributed by atoms with Crippen LogP contribution in [0.1, 0.15) is 36.0 Å². The second kappa shape index (κ2) is 7.25. The fourth-order valence-electron chi connectivity index (χ4n) is 4.12. The van der Waals surface area contributed by atoms with Crippen molar-refractivity contribution >= 4 is 29.3 Å². The molecular formula is C18H23ClN2O3S. The van der Waals surface area contributed by atoms with Crippen molar-refractivity contribution in [3.05, 3.63) is 22.7 Å². The first kappa shape index (κ1) is 17.3. The fraction of sp³-hybridized carbons (Fsp3) is 0.611. The first-order valence-electron chi connectivity index (χ1n) is 8.88. The Labute approximate surface area is 157 Å². The molecule has 1 aliphatic carbocycles. The topological polar surface area (TPSA) is 50.8 Å². The number of rotatable bonds is 4. The molecule has 0 bridgehead atoms. The maximum Gasteiger partial charge on any atom is 0.251 e. The lowest BCUT2D eigenvalue weighted by molar-refractivity contribution is 0.0817. The largest absolute Gasteiger partial charge is 0.454 e. The van der Waals surface area contributed by atoms with Crippen LogP contribution in [0.15, 0.2) is 12.1 Å². The number of amides is 1. The molecule has 25 heavy (non-hydrogen) atoms. The smallest absolute Gasteiger partial charge is 0.251 e. The fourth-order valence-corrected chi connectivity index (χ4v) is 5.29. The van der Waals surface area contributed by atoms with Gasteiger partial charge in [0.25, 0.3) is 5.91 Å². The molecule has 0 unspecified atom stereocenters. The van der Waals surface area contributed by atoms with Crippen LogP contribution in [-0.4, -0.2) is 54.3 Å². The van der Waals surface area contributed by atoms with E-state index < -0.39 is 0 Å². The molecule has 0 spiro atoms. The number of benzene rings is 1. The van der Waals surface area contributed by atoms with Crippen molar-refractivity contribution in [2.45, 2.75) is 31.2 Å². The van der Waals surface area contributed by atoms with Crippen LogP contribution in [-0.2, 0) is 0 Å². The molecule has 0 atom stereocenters. The molecule has 1 saturated carbocycles. The van der Waals surface area contributed by atoms with E-state index in [1.165, 1.54) is 37.2 Å². The molecule has 0 radical (unpaired) electrons. The Morgan fingerprint density at radius 1 is 1.24 bits per heavy atom. The molecule has 0 aromatic heterocycles. The van der Waals surface area contributed by atoms with Crippen LogP contribution in [0, 0.1) is 0 Å². The second-order valence-electron chi connectivity index (χ2n) is 6.91. The van der Waals surface area contributed by atoms with E-state index in [0.717, 1.165) is 13.1 Å². The third kappa shape index (κ3) is 3.44. The number of hydrogen-bond donors (Lipinski definition) is 1. The van der Waals surface area contributed by atoms with E-state index >= 15 is 0 Å². The number of carbonyl (C=O) groups excluding carboxylic acids is 1. The molecule has 1 saturated heterocycles. The maximum absolute atomic E-state index is 12.7. The van der Waals surface area contributed by atoms with Gasteiger partial charge in [0, 0.05) is 42.2 Å². The van der Waals surface area contributed by atoms with E-state index in [1.807, 2.05) is 11.8 Å². The molecule has 4 rings (SSSR count). The number of halogens is 1. The summed E-state index contributed by atoms with van der Waals surface area (Å²) in [6, 6.07) is 3.37. The molecule has 1 aromatic carbocycles. The Bertz CT molecular complexity index is 658. The zero-order valence-corrected chi connectivity index (χ0v) is 15.8. The quantitative estimate of drug-likeness (QED) is 0.866. The van der Waals surface area contributed by atoms with Crippen molar-refractivity contribution in [3.63, 3.8) is 0 Å².